The summed E-state index contributed by atoms with van der Waals surface area (Å²) in [5.41, 5.74) is 3.17. The second kappa shape index (κ2) is 9.18. The fourth-order valence-electron chi connectivity index (χ4n) is 2.86. The lowest BCUT2D eigenvalue weighted by atomic mass is 9.97. The molecule has 0 saturated heterocycles. The lowest BCUT2D eigenvalue weighted by Gasteiger charge is -2.17. The molecule has 0 saturated carbocycles. The number of hydrogen-bond acceptors (Lipinski definition) is 4. The van der Waals surface area contributed by atoms with E-state index in [2.05, 4.69) is 16.4 Å². The van der Waals surface area contributed by atoms with Crippen LogP contribution in [0.5, 0.6) is 5.75 Å². The zero-order chi connectivity index (χ0) is 18.2. The summed E-state index contributed by atoms with van der Waals surface area (Å²) in [5, 5.41) is 12.6. The zero-order valence-electron chi connectivity index (χ0n) is 15.0. The average molecular weight is 342 g/mol. The molecule has 5 nitrogen and oxygen atoms in total. The Morgan fingerprint density at radius 1 is 1.20 bits per heavy atom. The van der Waals surface area contributed by atoms with Crippen molar-refractivity contribution in [3.8, 4) is 16.9 Å². The third-order valence-corrected chi connectivity index (χ3v) is 4.11. The maximum atomic E-state index is 11.4. The summed E-state index contributed by atoms with van der Waals surface area (Å²) >= 11 is 0. The largest absolute Gasteiger partial charge is 0.496 e. The van der Waals surface area contributed by atoms with Gasteiger partial charge in [0.1, 0.15) is 5.75 Å². The standard InChI is InChI=1S/C20H26N2O3/c1-14(2)10-18(20(23)24)13-22-12-17-11-16(4-5-19(17)25-3)15-6-8-21-9-7-15/h4-9,11,14,18,22H,10,12-13H2,1-3H3,(H,23,24). The third kappa shape index (κ3) is 5.57. The molecule has 0 radical (unpaired) electrons. The second-order valence-electron chi connectivity index (χ2n) is 6.56. The van der Waals surface area contributed by atoms with Crippen molar-refractivity contribution >= 4 is 5.97 Å². The average Bonchev–Trinajstić information content (AvgIpc) is 2.61. The Morgan fingerprint density at radius 2 is 1.92 bits per heavy atom. The second-order valence-corrected chi connectivity index (χ2v) is 6.56. The maximum absolute atomic E-state index is 11.4. The van der Waals surface area contributed by atoms with Crippen LogP contribution < -0.4 is 10.1 Å². The molecule has 1 heterocycles. The van der Waals surface area contributed by atoms with E-state index in [0.29, 0.717) is 25.4 Å². The molecule has 0 aliphatic rings. The van der Waals surface area contributed by atoms with Gasteiger partial charge in [0.05, 0.1) is 13.0 Å². The van der Waals surface area contributed by atoms with Gasteiger partial charge in [-0.15, -0.1) is 0 Å². The summed E-state index contributed by atoms with van der Waals surface area (Å²) < 4.78 is 5.44. The van der Waals surface area contributed by atoms with Crippen LogP contribution in [0.15, 0.2) is 42.7 Å². The number of pyridine rings is 1. The summed E-state index contributed by atoms with van der Waals surface area (Å²) in [6.07, 6.45) is 4.19. The summed E-state index contributed by atoms with van der Waals surface area (Å²) in [4.78, 5) is 15.4. The van der Waals surface area contributed by atoms with Crippen molar-refractivity contribution in [2.24, 2.45) is 11.8 Å². The van der Waals surface area contributed by atoms with Gasteiger partial charge in [0.15, 0.2) is 0 Å². The van der Waals surface area contributed by atoms with Crippen molar-refractivity contribution in [1.29, 1.82) is 0 Å². The molecule has 0 bridgehead atoms. The Morgan fingerprint density at radius 3 is 2.52 bits per heavy atom. The SMILES string of the molecule is COc1ccc(-c2ccncc2)cc1CNCC(CC(C)C)C(=O)O. The number of nitrogens with one attached hydrogen (secondary N) is 1. The number of nitrogens with zero attached hydrogens (tertiary/aromatic N) is 1. The third-order valence-electron chi connectivity index (χ3n) is 4.11. The van der Waals surface area contributed by atoms with Crippen LogP contribution in [0.25, 0.3) is 11.1 Å². The molecule has 5 heteroatoms. The Hall–Kier alpha value is -2.40. The van der Waals surface area contributed by atoms with Gasteiger partial charge in [-0.2, -0.15) is 0 Å². The van der Waals surface area contributed by atoms with Crippen molar-refractivity contribution in [3.05, 3.63) is 48.3 Å². The predicted molar refractivity (Wildman–Crippen MR) is 98.5 cm³/mol. The van der Waals surface area contributed by atoms with Crippen LogP contribution in [0.2, 0.25) is 0 Å². The molecular weight excluding hydrogens is 316 g/mol. The van der Waals surface area contributed by atoms with Gasteiger partial charge in [0.2, 0.25) is 0 Å². The monoisotopic (exact) mass is 342 g/mol. The Bertz CT molecular complexity index is 687. The quantitative estimate of drug-likeness (QED) is 0.728. The molecule has 134 valence electrons. The predicted octanol–water partition coefficient (Wildman–Crippen LogP) is 3.59. The first-order valence-electron chi connectivity index (χ1n) is 8.52. The molecule has 0 spiro atoms. The van der Waals surface area contributed by atoms with E-state index in [0.717, 1.165) is 22.4 Å². The van der Waals surface area contributed by atoms with Crippen molar-refractivity contribution in [2.75, 3.05) is 13.7 Å². The number of carboxylic acids is 1. The number of carbonyl (C=O) groups is 1. The first kappa shape index (κ1) is 18.9. The van der Waals surface area contributed by atoms with E-state index in [9.17, 15) is 9.90 Å². The van der Waals surface area contributed by atoms with Crippen molar-refractivity contribution in [2.45, 2.75) is 26.8 Å². The highest BCUT2D eigenvalue weighted by Crippen LogP contribution is 2.26. The molecule has 1 atom stereocenters. The number of aliphatic carboxylic acids is 1. The number of methoxy groups -OCH3 is 1. The van der Waals surface area contributed by atoms with Gasteiger partial charge < -0.3 is 15.2 Å². The Balaban J connectivity index is 2.08. The van der Waals surface area contributed by atoms with Crippen LogP contribution in [0, 0.1) is 11.8 Å². The first-order valence-corrected chi connectivity index (χ1v) is 8.52. The zero-order valence-corrected chi connectivity index (χ0v) is 15.0. The van der Waals surface area contributed by atoms with E-state index in [4.69, 9.17) is 4.74 Å². The van der Waals surface area contributed by atoms with Crippen molar-refractivity contribution < 1.29 is 14.6 Å². The lowest BCUT2D eigenvalue weighted by Crippen LogP contribution is -2.29. The molecule has 25 heavy (non-hydrogen) atoms. The molecule has 0 aliphatic heterocycles. The van der Waals surface area contributed by atoms with Crippen LogP contribution >= 0.6 is 0 Å². The fraction of sp³-hybridized carbons (Fsp3) is 0.400. The number of rotatable bonds is 9. The molecule has 0 fully saturated rings. The molecule has 2 rings (SSSR count). The van der Waals surface area contributed by atoms with E-state index >= 15 is 0 Å². The molecule has 1 unspecified atom stereocenters. The molecule has 2 aromatic rings. The summed E-state index contributed by atoms with van der Waals surface area (Å²) in [5.74, 6) is 0.0153. The highest BCUT2D eigenvalue weighted by Gasteiger charge is 2.18. The molecule has 1 aromatic heterocycles. The molecule has 1 aromatic carbocycles. The Kier molecular flexibility index (Phi) is 6.95. The van der Waals surface area contributed by atoms with E-state index < -0.39 is 5.97 Å². The smallest absolute Gasteiger partial charge is 0.307 e. The van der Waals surface area contributed by atoms with Crippen LogP contribution in [-0.2, 0) is 11.3 Å². The molecular formula is C20H26N2O3. The van der Waals surface area contributed by atoms with E-state index in [1.165, 1.54) is 0 Å². The topological polar surface area (TPSA) is 71.5 Å². The van der Waals surface area contributed by atoms with E-state index in [1.54, 1.807) is 19.5 Å². The van der Waals surface area contributed by atoms with Gasteiger partial charge in [0.25, 0.3) is 0 Å². The fourth-order valence-corrected chi connectivity index (χ4v) is 2.86. The first-order chi connectivity index (χ1) is 12.0. The number of hydrogen-bond donors (Lipinski definition) is 2. The van der Waals surface area contributed by atoms with Crippen LogP contribution in [0.3, 0.4) is 0 Å². The Labute approximate surface area is 149 Å². The van der Waals surface area contributed by atoms with Gasteiger partial charge in [-0.05, 0) is 47.7 Å². The number of benzene rings is 1. The van der Waals surface area contributed by atoms with Crippen LogP contribution in [0.1, 0.15) is 25.8 Å². The van der Waals surface area contributed by atoms with Crippen LogP contribution in [0.4, 0.5) is 0 Å². The summed E-state index contributed by atoms with van der Waals surface area (Å²) in [6.45, 7) is 5.08. The molecule has 2 N–H and O–H groups in total. The highest BCUT2D eigenvalue weighted by molar-refractivity contribution is 5.70. The minimum Gasteiger partial charge on any atom is -0.496 e. The van der Waals surface area contributed by atoms with Crippen LogP contribution in [-0.4, -0.2) is 29.7 Å². The van der Waals surface area contributed by atoms with Crippen molar-refractivity contribution in [1.82, 2.24) is 10.3 Å². The summed E-state index contributed by atoms with van der Waals surface area (Å²) in [7, 11) is 1.64. The van der Waals surface area contributed by atoms with Gasteiger partial charge in [0, 0.05) is 31.0 Å². The summed E-state index contributed by atoms with van der Waals surface area (Å²) in [6, 6.07) is 9.94. The highest BCUT2D eigenvalue weighted by atomic mass is 16.5. The number of ether oxygens (including phenoxy) is 1. The molecule has 0 aliphatic carbocycles. The number of aromatic nitrogens is 1. The van der Waals surface area contributed by atoms with Crippen molar-refractivity contribution in [3.63, 3.8) is 0 Å². The maximum Gasteiger partial charge on any atom is 0.307 e. The van der Waals surface area contributed by atoms with Gasteiger partial charge in [-0.1, -0.05) is 19.9 Å². The minimum absolute atomic E-state index is 0.354. The minimum atomic E-state index is -0.751. The van der Waals surface area contributed by atoms with E-state index in [1.807, 2.05) is 38.1 Å². The van der Waals surface area contributed by atoms with E-state index in [-0.39, 0.29) is 5.92 Å². The van der Waals surface area contributed by atoms with Gasteiger partial charge in [-0.3, -0.25) is 9.78 Å². The van der Waals surface area contributed by atoms with Gasteiger partial charge in [-0.25, -0.2) is 0 Å². The lowest BCUT2D eigenvalue weighted by molar-refractivity contribution is -0.142. The van der Waals surface area contributed by atoms with Gasteiger partial charge >= 0.3 is 5.97 Å². The molecule has 0 amide bonds. The normalized spacial score (nSPS) is 12.2. The number of carboxylic acid groups (broad SMARTS) is 1.